The van der Waals surface area contributed by atoms with Crippen LogP contribution in [0.5, 0.6) is 0 Å². The maximum atomic E-state index is 10.0. The van der Waals surface area contributed by atoms with Gasteiger partial charge in [-0.15, -0.1) is 6.07 Å². The van der Waals surface area contributed by atoms with Gasteiger partial charge in [-0.3, -0.25) is 4.79 Å². The first-order chi connectivity index (χ1) is 14.0. The summed E-state index contributed by atoms with van der Waals surface area (Å²) in [5, 5.41) is 10.4. The standard InChI is InChI=1S/C18H16N3O.C5H8O2.Ir/c1-2-3-9-20-10-11-21(13-20)14-6-7-15-16-5-4-8-19-18(16)22-17(15)12-14;1-4(6)3-5(2)7;/h4-5,7-8,10-12H,2-3,9H2,1H3;3,6H,1-2H3;/q+1;;/b;4-3-;. The van der Waals surface area contributed by atoms with Crippen LogP contribution in [0.3, 0.4) is 0 Å². The number of nitrogens with zero attached hydrogens (tertiary/aromatic N) is 3. The second-order valence-corrected chi connectivity index (χ2v) is 6.77. The second kappa shape index (κ2) is 10.8. The smallest absolute Gasteiger partial charge is 0.493 e. The average molecular weight is 583 g/mol. The summed E-state index contributed by atoms with van der Waals surface area (Å²) in [5.41, 5.74) is 2.41. The molecule has 0 fully saturated rings. The van der Waals surface area contributed by atoms with Crippen molar-refractivity contribution in [3.05, 3.63) is 60.8 Å². The Bertz CT molecular complexity index is 1180. The molecule has 6 nitrogen and oxygen atoms in total. The third-order valence-electron chi connectivity index (χ3n) is 4.22. The molecule has 1 radical (unpaired) electrons. The average Bonchev–Trinajstić information content (AvgIpc) is 3.29. The molecular formula is C23H24IrN3O3+. The Morgan fingerprint density at radius 2 is 2.13 bits per heavy atom. The van der Waals surface area contributed by atoms with Crippen molar-refractivity contribution >= 4 is 39.5 Å². The van der Waals surface area contributed by atoms with Crippen LogP contribution in [0.25, 0.3) is 22.1 Å². The Hall–Kier alpha value is -2.85. The molecule has 4 rings (SSSR count). The normalized spacial score (nSPS) is 12.8. The molecule has 2 aromatic heterocycles. The number of ketones is 1. The summed E-state index contributed by atoms with van der Waals surface area (Å²) >= 11 is 0. The molecule has 0 spiro atoms. The summed E-state index contributed by atoms with van der Waals surface area (Å²) in [5.74, 6) is -0.0625. The fourth-order valence-electron chi connectivity index (χ4n) is 2.91. The molecule has 7 heteroatoms. The molecule has 1 aromatic carbocycles. The van der Waals surface area contributed by atoms with Crippen molar-refractivity contribution in [2.75, 3.05) is 6.54 Å². The van der Waals surface area contributed by atoms with E-state index in [1.807, 2.05) is 41.2 Å². The van der Waals surface area contributed by atoms with Gasteiger partial charge in [-0.05, 0) is 25.3 Å². The first-order valence-corrected chi connectivity index (χ1v) is 9.55. The van der Waals surface area contributed by atoms with Gasteiger partial charge in [0, 0.05) is 44.4 Å². The van der Waals surface area contributed by atoms with E-state index in [2.05, 4.69) is 28.6 Å². The zero-order valence-electron chi connectivity index (χ0n) is 17.2. The molecule has 0 unspecified atom stereocenters. The minimum Gasteiger partial charge on any atom is -0.512 e. The van der Waals surface area contributed by atoms with E-state index in [0.29, 0.717) is 5.71 Å². The maximum Gasteiger partial charge on any atom is 0.493 e. The summed E-state index contributed by atoms with van der Waals surface area (Å²) in [7, 11) is 0. The van der Waals surface area contributed by atoms with Crippen molar-refractivity contribution in [2.45, 2.75) is 33.6 Å². The molecule has 1 aliphatic heterocycles. The van der Waals surface area contributed by atoms with Gasteiger partial charge in [-0.2, -0.15) is 6.07 Å². The molecule has 0 saturated heterocycles. The van der Waals surface area contributed by atoms with Crippen LogP contribution in [-0.2, 0) is 24.9 Å². The molecule has 0 aliphatic carbocycles. The van der Waals surface area contributed by atoms with Crippen LogP contribution in [-0.4, -0.2) is 37.6 Å². The minimum absolute atomic E-state index is 0. The number of benzene rings is 1. The van der Waals surface area contributed by atoms with E-state index in [0.717, 1.165) is 35.0 Å². The number of hydrogen-bond acceptors (Lipinski definition) is 4. The van der Waals surface area contributed by atoms with Crippen molar-refractivity contribution in [2.24, 2.45) is 0 Å². The van der Waals surface area contributed by atoms with Crippen LogP contribution in [0.4, 0.5) is 5.69 Å². The van der Waals surface area contributed by atoms with Gasteiger partial charge < -0.3 is 9.52 Å². The number of aliphatic hydroxyl groups is 1. The van der Waals surface area contributed by atoms with E-state index < -0.39 is 0 Å². The summed E-state index contributed by atoms with van der Waals surface area (Å²) in [6.45, 7) is 6.02. The molecule has 30 heavy (non-hydrogen) atoms. The van der Waals surface area contributed by atoms with Crippen molar-refractivity contribution in [3.63, 3.8) is 0 Å². The number of unbranched alkanes of at least 4 members (excludes halogenated alkanes) is 1. The van der Waals surface area contributed by atoms with Gasteiger partial charge in [0.15, 0.2) is 12.3 Å². The van der Waals surface area contributed by atoms with Gasteiger partial charge in [-0.25, -0.2) is 4.98 Å². The zero-order chi connectivity index (χ0) is 20.8. The van der Waals surface area contributed by atoms with Crippen molar-refractivity contribution in [1.29, 1.82) is 0 Å². The summed E-state index contributed by atoms with van der Waals surface area (Å²) in [6, 6.07) is 14.5. The second-order valence-electron chi connectivity index (χ2n) is 6.77. The third kappa shape index (κ3) is 5.83. The molecule has 0 amide bonds. The number of carbonyl (C=O) groups is 1. The number of allylic oxidation sites excluding steroid dienone is 2. The molecule has 3 aromatic rings. The van der Waals surface area contributed by atoms with Crippen molar-refractivity contribution < 1.29 is 43.6 Å². The van der Waals surface area contributed by atoms with Crippen LogP contribution >= 0.6 is 0 Å². The predicted molar refractivity (Wildman–Crippen MR) is 112 cm³/mol. The van der Waals surface area contributed by atoms with E-state index in [4.69, 9.17) is 9.52 Å². The quantitative estimate of drug-likeness (QED) is 0.201. The SMILES string of the molecule is CC(=O)/C=C(/C)O.CCCC[N+]1=C=[N+](c2[c-]cc3c(c2)oc2ncccc23)C=C1.[Ir]. The Morgan fingerprint density at radius 1 is 1.33 bits per heavy atom. The maximum absolute atomic E-state index is 10.0. The number of rotatable bonds is 5. The minimum atomic E-state index is -0.125. The van der Waals surface area contributed by atoms with Gasteiger partial charge in [0.05, 0.1) is 5.76 Å². The largest absolute Gasteiger partial charge is 0.512 e. The number of furan rings is 1. The fourth-order valence-corrected chi connectivity index (χ4v) is 2.91. The van der Waals surface area contributed by atoms with Crippen molar-refractivity contribution in [3.8, 4) is 0 Å². The first-order valence-electron chi connectivity index (χ1n) is 9.55. The van der Waals surface area contributed by atoms with E-state index in [1.165, 1.54) is 26.3 Å². The molecule has 0 atom stereocenters. The molecule has 1 N–H and O–H groups in total. The summed E-state index contributed by atoms with van der Waals surface area (Å²) in [6.07, 6.45) is 9.27. The van der Waals surface area contributed by atoms with Crippen molar-refractivity contribution in [1.82, 2.24) is 4.98 Å². The molecule has 1 aliphatic rings. The topological polar surface area (TPSA) is 69.3 Å². The fraction of sp³-hybridized carbons (Fsp3) is 0.261. The Balaban J connectivity index is 0.000000350. The number of carbonyl (C=O) groups excluding carboxylic acids is 1. The Morgan fingerprint density at radius 3 is 2.80 bits per heavy atom. The zero-order valence-corrected chi connectivity index (χ0v) is 19.6. The van der Waals surface area contributed by atoms with E-state index in [-0.39, 0.29) is 31.6 Å². The van der Waals surface area contributed by atoms with Crippen LogP contribution in [0, 0.1) is 6.07 Å². The van der Waals surface area contributed by atoms with Crippen LogP contribution in [0.1, 0.15) is 33.6 Å². The van der Waals surface area contributed by atoms with Crippen LogP contribution in [0.2, 0.25) is 0 Å². The van der Waals surface area contributed by atoms with Crippen LogP contribution < -0.4 is 0 Å². The van der Waals surface area contributed by atoms with Gasteiger partial charge in [0.1, 0.15) is 5.69 Å². The summed E-state index contributed by atoms with van der Waals surface area (Å²) < 4.78 is 9.83. The summed E-state index contributed by atoms with van der Waals surface area (Å²) in [4.78, 5) is 14.3. The number of aromatic nitrogens is 1. The Kier molecular flexibility index (Phi) is 8.43. The number of pyridine rings is 1. The van der Waals surface area contributed by atoms with E-state index in [9.17, 15) is 4.79 Å². The molecular weight excluding hydrogens is 558 g/mol. The first kappa shape index (κ1) is 23.4. The van der Waals surface area contributed by atoms with Crippen LogP contribution in [0.15, 0.2) is 59.1 Å². The van der Waals surface area contributed by atoms with E-state index >= 15 is 0 Å². The van der Waals surface area contributed by atoms with Gasteiger partial charge in [0.25, 0.3) is 6.20 Å². The molecule has 0 saturated carbocycles. The van der Waals surface area contributed by atoms with Gasteiger partial charge in [-0.1, -0.05) is 40.0 Å². The molecule has 157 valence electrons. The number of fused-ring (bicyclic) bond motifs is 3. The Labute approximate surface area is 188 Å². The number of hydrogen-bond donors (Lipinski definition) is 1. The third-order valence-corrected chi connectivity index (χ3v) is 4.22. The van der Waals surface area contributed by atoms with Gasteiger partial charge in [0.2, 0.25) is 11.9 Å². The monoisotopic (exact) mass is 583 g/mol. The predicted octanol–water partition coefficient (Wildman–Crippen LogP) is 4.93. The van der Waals surface area contributed by atoms with Gasteiger partial charge >= 0.3 is 6.01 Å². The van der Waals surface area contributed by atoms with E-state index in [1.54, 1.807) is 6.20 Å². The molecule has 0 bridgehead atoms. The number of aliphatic hydroxyl groups excluding tert-OH is 1. The molecule has 3 heterocycles.